The van der Waals surface area contributed by atoms with Crippen LogP contribution in [0.15, 0.2) is 54.6 Å². The highest BCUT2D eigenvalue weighted by Gasteiger charge is 2.21. The van der Waals surface area contributed by atoms with Crippen LogP contribution >= 0.6 is 11.6 Å². The van der Waals surface area contributed by atoms with Gasteiger partial charge in [0, 0.05) is 5.02 Å². The van der Waals surface area contributed by atoms with E-state index in [4.69, 9.17) is 22.1 Å². The smallest absolute Gasteiger partial charge is 0.312 e. The van der Waals surface area contributed by atoms with Gasteiger partial charge in [0.25, 0.3) is 5.91 Å². The molecular formula is C20H22ClN3O4. The van der Waals surface area contributed by atoms with Gasteiger partial charge in [0.15, 0.2) is 6.61 Å². The van der Waals surface area contributed by atoms with E-state index in [0.717, 1.165) is 5.56 Å². The summed E-state index contributed by atoms with van der Waals surface area (Å²) in [7, 11) is 0. The zero-order chi connectivity index (χ0) is 20.5. The number of benzene rings is 2. The highest BCUT2D eigenvalue weighted by molar-refractivity contribution is 6.31. The molecule has 2 atom stereocenters. The Hall–Kier alpha value is -3.06. The quantitative estimate of drug-likeness (QED) is 0.588. The number of halogens is 1. The number of nitrogens with two attached hydrogens (primary N) is 1. The number of hydrogen-bond donors (Lipinski definition) is 3. The summed E-state index contributed by atoms with van der Waals surface area (Å²) in [5, 5.41) is 5.59. The Balaban J connectivity index is 1.89. The van der Waals surface area contributed by atoms with Gasteiger partial charge in [-0.05, 0) is 24.1 Å². The van der Waals surface area contributed by atoms with Crippen molar-refractivity contribution in [2.45, 2.75) is 25.4 Å². The lowest BCUT2D eigenvalue weighted by atomic mass is 10.0. The molecule has 0 bridgehead atoms. The number of amides is 3. The predicted molar refractivity (Wildman–Crippen MR) is 105 cm³/mol. The monoisotopic (exact) mass is 403 g/mol. The maximum absolute atomic E-state index is 12.1. The first-order valence-corrected chi connectivity index (χ1v) is 9.05. The number of carbonyl (C=O) groups is 3. The van der Waals surface area contributed by atoms with E-state index in [1.54, 1.807) is 24.3 Å². The van der Waals surface area contributed by atoms with Crippen molar-refractivity contribution in [3.63, 3.8) is 0 Å². The normalized spacial score (nSPS) is 12.5. The summed E-state index contributed by atoms with van der Waals surface area (Å²) in [6, 6.07) is 14.4. The Labute approximate surface area is 168 Å². The van der Waals surface area contributed by atoms with Crippen LogP contribution in [0.3, 0.4) is 0 Å². The summed E-state index contributed by atoms with van der Waals surface area (Å²) in [6.45, 7) is 1.40. The zero-order valence-electron chi connectivity index (χ0n) is 15.4. The maximum Gasteiger partial charge on any atom is 0.312 e. The summed E-state index contributed by atoms with van der Waals surface area (Å²) in [5.74, 6) is -1.09. The second-order valence-corrected chi connectivity index (χ2v) is 6.55. The van der Waals surface area contributed by atoms with Gasteiger partial charge in [-0.15, -0.1) is 0 Å². The van der Waals surface area contributed by atoms with Crippen molar-refractivity contribution in [2.75, 3.05) is 6.61 Å². The third-order valence-electron chi connectivity index (χ3n) is 4.01. The predicted octanol–water partition coefficient (Wildman–Crippen LogP) is 2.86. The molecule has 0 aliphatic carbocycles. The van der Waals surface area contributed by atoms with Crippen molar-refractivity contribution >= 4 is 29.5 Å². The Kier molecular flexibility index (Phi) is 7.83. The molecule has 0 fully saturated rings. The number of carbonyl (C=O) groups excluding carboxylic acids is 3. The Morgan fingerprint density at radius 2 is 1.68 bits per heavy atom. The molecule has 0 aliphatic rings. The number of nitrogens with one attached hydrogen (secondary N) is 2. The average molecular weight is 404 g/mol. The van der Waals surface area contributed by atoms with Crippen molar-refractivity contribution < 1.29 is 19.1 Å². The summed E-state index contributed by atoms with van der Waals surface area (Å²) < 4.78 is 5.03. The number of urea groups is 1. The highest BCUT2D eigenvalue weighted by Crippen LogP contribution is 2.25. The molecule has 3 amide bonds. The third-order valence-corrected chi connectivity index (χ3v) is 4.35. The molecule has 2 aromatic rings. The van der Waals surface area contributed by atoms with Gasteiger partial charge in [-0.3, -0.25) is 9.59 Å². The second kappa shape index (κ2) is 10.3. The van der Waals surface area contributed by atoms with E-state index in [-0.39, 0.29) is 12.5 Å². The van der Waals surface area contributed by atoms with Gasteiger partial charge in [-0.25, -0.2) is 4.79 Å². The van der Waals surface area contributed by atoms with Gasteiger partial charge < -0.3 is 21.1 Å². The van der Waals surface area contributed by atoms with Gasteiger partial charge in [0.2, 0.25) is 0 Å². The lowest BCUT2D eigenvalue weighted by Gasteiger charge is -2.19. The van der Waals surface area contributed by atoms with Crippen LogP contribution in [0.25, 0.3) is 0 Å². The number of hydrogen-bond acceptors (Lipinski definition) is 4. The van der Waals surface area contributed by atoms with E-state index in [2.05, 4.69) is 10.6 Å². The van der Waals surface area contributed by atoms with Crippen LogP contribution in [-0.4, -0.2) is 24.5 Å². The van der Waals surface area contributed by atoms with Crippen LogP contribution in [0.1, 0.15) is 36.6 Å². The molecule has 7 nitrogen and oxygen atoms in total. The summed E-state index contributed by atoms with van der Waals surface area (Å²) in [6.07, 6.45) is -0.214. The molecule has 0 heterocycles. The highest BCUT2D eigenvalue weighted by atomic mass is 35.5. The minimum absolute atomic E-state index is 0.214. The van der Waals surface area contributed by atoms with Crippen molar-refractivity contribution in [2.24, 2.45) is 5.73 Å². The topological polar surface area (TPSA) is 111 Å². The minimum atomic E-state index is -0.799. The molecule has 0 aromatic heterocycles. The number of ether oxygens (including phenoxy) is 1. The lowest BCUT2D eigenvalue weighted by molar-refractivity contribution is -0.149. The van der Waals surface area contributed by atoms with Gasteiger partial charge in [-0.1, -0.05) is 60.1 Å². The Bertz CT molecular complexity index is 829. The van der Waals surface area contributed by atoms with Crippen LogP contribution < -0.4 is 16.4 Å². The first-order valence-electron chi connectivity index (χ1n) is 8.67. The van der Waals surface area contributed by atoms with Crippen LogP contribution in [0.2, 0.25) is 5.02 Å². The van der Waals surface area contributed by atoms with Crippen molar-refractivity contribution in [1.82, 2.24) is 10.6 Å². The van der Waals surface area contributed by atoms with Crippen molar-refractivity contribution in [3.05, 3.63) is 70.7 Å². The molecule has 0 aliphatic heterocycles. The van der Waals surface area contributed by atoms with E-state index < -0.39 is 30.6 Å². The van der Waals surface area contributed by atoms with Crippen molar-refractivity contribution in [1.29, 1.82) is 0 Å². The standard InChI is InChI=1S/C20H22ClN3O4/c1-13(14-7-3-2-4-8-14)23-18(25)12-28-19(26)11-17(24-20(22)27)15-9-5-6-10-16(15)21/h2-10,13,17H,11-12H2,1H3,(H,23,25)(H3,22,24,27)/t13-,17-/m1/s1. The molecule has 148 valence electrons. The maximum atomic E-state index is 12.1. The molecular weight excluding hydrogens is 382 g/mol. The first kappa shape index (κ1) is 21.2. The number of primary amides is 1. The van der Waals surface area contributed by atoms with E-state index in [1.165, 1.54) is 0 Å². The fraction of sp³-hybridized carbons (Fsp3) is 0.250. The summed E-state index contributed by atoms with van der Waals surface area (Å²) in [4.78, 5) is 35.4. The SMILES string of the molecule is C[C@@H](NC(=O)COC(=O)C[C@@H](NC(N)=O)c1ccccc1Cl)c1ccccc1. The number of rotatable bonds is 8. The summed E-state index contributed by atoms with van der Waals surface area (Å²) >= 11 is 6.12. The van der Waals surface area contributed by atoms with E-state index >= 15 is 0 Å². The molecule has 0 unspecified atom stereocenters. The molecule has 2 rings (SSSR count). The minimum Gasteiger partial charge on any atom is -0.456 e. The van der Waals surface area contributed by atoms with Gasteiger partial charge in [-0.2, -0.15) is 0 Å². The Morgan fingerprint density at radius 3 is 2.32 bits per heavy atom. The molecule has 2 aromatic carbocycles. The average Bonchev–Trinajstić information content (AvgIpc) is 2.66. The van der Waals surface area contributed by atoms with Crippen LogP contribution in [-0.2, 0) is 14.3 Å². The molecule has 0 saturated heterocycles. The van der Waals surface area contributed by atoms with Crippen molar-refractivity contribution in [3.8, 4) is 0 Å². The molecule has 28 heavy (non-hydrogen) atoms. The third kappa shape index (κ3) is 6.59. The molecule has 0 saturated carbocycles. The Morgan fingerprint density at radius 1 is 1.04 bits per heavy atom. The molecule has 4 N–H and O–H groups in total. The molecule has 0 spiro atoms. The first-order chi connectivity index (χ1) is 13.4. The largest absolute Gasteiger partial charge is 0.456 e. The van der Waals surface area contributed by atoms with Gasteiger partial charge in [0.1, 0.15) is 0 Å². The van der Waals surface area contributed by atoms with Crippen LogP contribution in [0, 0.1) is 0 Å². The summed E-state index contributed by atoms with van der Waals surface area (Å²) in [5.41, 5.74) is 6.65. The molecule has 8 heteroatoms. The number of esters is 1. The molecule has 0 radical (unpaired) electrons. The lowest BCUT2D eigenvalue weighted by Crippen LogP contribution is -2.35. The van der Waals surface area contributed by atoms with Crippen LogP contribution in [0.4, 0.5) is 4.79 Å². The van der Waals surface area contributed by atoms with Crippen LogP contribution in [0.5, 0.6) is 0 Å². The van der Waals surface area contributed by atoms with E-state index in [9.17, 15) is 14.4 Å². The fourth-order valence-corrected chi connectivity index (χ4v) is 2.92. The zero-order valence-corrected chi connectivity index (χ0v) is 16.1. The van der Waals surface area contributed by atoms with Gasteiger partial charge in [0.05, 0.1) is 18.5 Å². The second-order valence-electron chi connectivity index (χ2n) is 6.15. The van der Waals surface area contributed by atoms with E-state index in [0.29, 0.717) is 10.6 Å². The van der Waals surface area contributed by atoms with E-state index in [1.807, 2.05) is 37.3 Å². The fourth-order valence-electron chi connectivity index (χ4n) is 2.65. The van der Waals surface area contributed by atoms with Gasteiger partial charge >= 0.3 is 12.0 Å².